The van der Waals surface area contributed by atoms with Crippen molar-refractivity contribution in [1.82, 2.24) is 9.97 Å². The fourth-order valence-corrected chi connectivity index (χ4v) is 2.73. The zero-order valence-electron chi connectivity index (χ0n) is 15.0. The van der Waals surface area contributed by atoms with E-state index in [1.54, 1.807) is 12.2 Å². The van der Waals surface area contributed by atoms with E-state index in [4.69, 9.17) is 4.74 Å². The van der Waals surface area contributed by atoms with Crippen molar-refractivity contribution in [2.75, 3.05) is 12.0 Å². The highest BCUT2D eigenvalue weighted by Gasteiger charge is 2.34. The first kappa shape index (κ1) is 20.4. The monoisotopic (exact) mass is 377 g/mol. The standard InChI is InChI=1S/C19H21F2N3O3/c1-4-16(25)24(17(26)5-2)18-22-12-15(27-3)14(23-18)7-6-13-8-10-19(20,21)11-9-13/h4-7,12-13H,1-2,8-11H2,3H3/b7-6+. The molecular formula is C19H21F2N3O3. The van der Waals surface area contributed by atoms with E-state index in [9.17, 15) is 18.4 Å². The normalized spacial score (nSPS) is 16.7. The van der Waals surface area contributed by atoms with Crippen LogP contribution in [0, 0.1) is 5.92 Å². The lowest BCUT2D eigenvalue weighted by Gasteiger charge is -2.26. The molecule has 1 aromatic heterocycles. The van der Waals surface area contributed by atoms with E-state index >= 15 is 0 Å². The Morgan fingerprint density at radius 1 is 1.26 bits per heavy atom. The second-order valence-electron chi connectivity index (χ2n) is 6.10. The zero-order valence-corrected chi connectivity index (χ0v) is 15.0. The average Bonchev–Trinajstić information content (AvgIpc) is 2.67. The smallest absolute Gasteiger partial charge is 0.259 e. The van der Waals surface area contributed by atoms with Gasteiger partial charge in [0, 0.05) is 12.8 Å². The van der Waals surface area contributed by atoms with Gasteiger partial charge in [-0.15, -0.1) is 0 Å². The third-order valence-electron chi connectivity index (χ3n) is 4.27. The number of aromatic nitrogens is 2. The molecule has 1 aliphatic rings. The number of hydrogen-bond donors (Lipinski definition) is 0. The van der Waals surface area contributed by atoms with Crippen molar-refractivity contribution in [3.8, 4) is 5.75 Å². The largest absolute Gasteiger partial charge is 0.493 e. The van der Waals surface area contributed by atoms with Crippen molar-refractivity contribution in [2.24, 2.45) is 5.92 Å². The van der Waals surface area contributed by atoms with Gasteiger partial charge in [-0.1, -0.05) is 19.2 Å². The maximum Gasteiger partial charge on any atom is 0.259 e. The highest BCUT2D eigenvalue weighted by molar-refractivity contribution is 6.20. The number of methoxy groups -OCH3 is 1. The van der Waals surface area contributed by atoms with E-state index in [-0.39, 0.29) is 24.7 Å². The zero-order chi connectivity index (χ0) is 20.0. The molecule has 0 saturated heterocycles. The summed E-state index contributed by atoms with van der Waals surface area (Å²) in [5.74, 6) is -3.83. The van der Waals surface area contributed by atoms with Gasteiger partial charge in [0.1, 0.15) is 5.69 Å². The minimum Gasteiger partial charge on any atom is -0.493 e. The molecule has 2 rings (SSSR count). The fraction of sp³-hybridized carbons (Fsp3) is 0.368. The van der Waals surface area contributed by atoms with Crippen LogP contribution in [0.3, 0.4) is 0 Å². The number of alkyl halides is 2. The second-order valence-corrected chi connectivity index (χ2v) is 6.10. The van der Waals surface area contributed by atoms with Gasteiger partial charge < -0.3 is 4.74 Å². The average molecular weight is 377 g/mol. The minimum absolute atomic E-state index is 0.00605. The molecule has 0 unspecified atom stereocenters. The number of halogens is 2. The molecule has 1 aromatic rings. The van der Waals surface area contributed by atoms with Gasteiger partial charge in [-0.2, -0.15) is 0 Å². The van der Waals surface area contributed by atoms with Gasteiger partial charge in [0.25, 0.3) is 11.8 Å². The topological polar surface area (TPSA) is 72.4 Å². The molecular weight excluding hydrogens is 356 g/mol. The van der Waals surface area contributed by atoms with E-state index in [0.29, 0.717) is 24.3 Å². The lowest BCUT2D eigenvalue weighted by atomic mass is 9.86. The van der Waals surface area contributed by atoms with E-state index in [0.717, 1.165) is 17.1 Å². The molecule has 27 heavy (non-hydrogen) atoms. The second kappa shape index (κ2) is 8.66. The molecule has 6 nitrogen and oxygen atoms in total. The van der Waals surface area contributed by atoms with Crippen LogP contribution in [0.1, 0.15) is 31.4 Å². The van der Waals surface area contributed by atoms with Gasteiger partial charge in [-0.3, -0.25) is 9.59 Å². The summed E-state index contributed by atoms with van der Waals surface area (Å²) < 4.78 is 31.7. The molecule has 1 fully saturated rings. The lowest BCUT2D eigenvalue weighted by Crippen LogP contribution is -2.35. The first-order chi connectivity index (χ1) is 12.8. The maximum absolute atomic E-state index is 13.3. The number of hydrogen-bond acceptors (Lipinski definition) is 5. The summed E-state index contributed by atoms with van der Waals surface area (Å²) in [6.45, 7) is 6.71. The highest BCUT2D eigenvalue weighted by Crippen LogP contribution is 2.37. The fourth-order valence-electron chi connectivity index (χ4n) is 2.73. The predicted octanol–water partition coefficient (Wildman–Crippen LogP) is 3.56. The molecule has 0 spiro atoms. The highest BCUT2D eigenvalue weighted by atomic mass is 19.3. The summed E-state index contributed by atoms with van der Waals surface area (Å²) >= 11 is 0. The van der Waals surface area contributed by atoms with Crippen LogP contribution >= 0.6 is 0 Å². The van der Waals surface area contributed by atoms with E-state index in [2.05, 4.69) is 23.1 Å². The number of nitrogens with zero attached hydrogens (tertiary/aromatic N) is 3. The SMILES string of the molecule is C=CC(=O)N(C(=O)C=C)c1ncc(OC)c(/C=C/C2CCC(F)(F)CC2)n1. The summed E-state index contributed by atoms with van der Waals surface area (Å²) in [6.07, 6.45) is 7.13. The third kappa shape index (κ3) is 5.06. The molecule has 0 bridgehead atoms. The van der Waals surface area contributed by atoms with Crippen LogP contribution in [0.15, 0.2) is 37.6 Å². The van der Waals surface area contributed by atoms with Gasteiger partial charge in [-0.25, -0.2) is 23.6 Å². The number of amides is 2. The van der Waals surface area contributed by atoms with E-state index in [1.165, 1.54) is 13.3 Å². The van der Waals surface area contributed by atoms with Crippen molar-refractivity contribution < 1.29 is 23.1 Å². The Bertz CT molecular complexity index is 747. The van der Waals surface area contributed by atoms with Crippen molar-refractivity contribution in [3.05, 3.63) is 43.3 Å². The van der Waals surface area contributed by atoms with Crippen molar-refractivity contribution >= 4 is 23.8 Å². The Labute approximate surface area is 156 Å². The molecule has 0 N–H and O–H groups in total. The van der Waals surface area contributed by atoms with Crippen molar-refractivity contribution in [2.45, 2.75) is 31.6 Å². The summed E-state index contributed by atoms with van der Waals surface area (Å²) in [5, 5.41) is 0. The first-order valence-electron chi connectivity index (χ1n) is 8.41. The summed E-state index contributed by atoms with van der Waals surface area (Å²) in [4.78, 5) is 32.9. The molecule has 0 aliphatic heterocycles. The molecule has 8 heteroatoms. The van der Waals surface area contributed by atoms with Gasteiger partial charge in [0.15, 0.2) is 5.75 Å². The van der Waals surface area contributed by atoms with Crippen LogP contribution in [-0.4, -0.2) is 34.8 Å². The van der Waals surface area contributed by atoms with Gasteiger partial charge in [0.05, 0.1) is 13.3 Å². The molecule has 2 amide bonds. The Morgan fingerprint density at radius 3 is 2.37 bits per heavy atom. The van der Waals surface area contributed by atoms with Crippen molar-refractivity contribution in [3.63, 3.8) is 0 Å². The van der Waals surface area contributed by atoms with Gasteiger partial charge >= 0.3 is 0 Å². The lowest BCUT2D eigenvalue weighted by molar-refractivity contribution is -0.121. The third-order valence-corrected chi connectivity index (χ3v) is 4.27. The first-order valence-corrected chi connectivity index (χ1v) is 8.41. The van der Waals surface area contributed by atoms with Crippen LogP contribution < -0.4 is 9.64 Å². The Kier molecular flexibility index (Phi) is 6.55. The predicted molar refractivity (Wildman–Crippen MR) is 97.4 cm³/mol. The molecule has 0 radical (unpaired) electrons. The Hall–Kier alpha value is -2.90. The van der Waals surface area contributed by atoms with Crippen LogP contribution in [0.5, 0.6) is 5.75 Å². The van der Waals surface area contributed by atoms with E-state index < -0.39 is 17.7 Å². The number of allylic oxidation sites excluding steroid dienone is 1. The van der Waals surface area contributed by atoms with Gasteiger partial charge in [-0.05, 0) is 37.0 Å². The number of carbonyl (C=O) groups excluding carboxylic acids is 2. The van der Waals surface area contributed by atoms with E-state index in [1.807, 2.05) is 0 Å². The number of carbonyl (C=O) groups is 2. The molecule has 1 saturated carbocycles. The van der Waals surface area contributed by atoms with Crippen LogP contribution in [-0.2, 0) is 9.59 Å². The molecule has 0 atom stereocenters. The number of ether oxygens (including phenoxy) is 1. The molecule has 1 heterocycles. The minimum atomic E-state index is -2.60. The summed E-state index contributed by atoms with van der Waals surface area (Å²) in [5.41, 5.74) is 0.332. The number of anilines is 1. The van der Waals surface area contributed by atoms with Crippen LogP contribution in [0.25, 0.3) is 6.08 Å². The van der Waals surface area contributed by atoms with Crippen LogP contribution in [0.4, 0.5) is 14.7 Å². The quantitative estimate of drug-likeness (QED) is 0.709. The maximum atomic E-state index is 13.3. The number of rotatable bonds is 6. The van der Waals surface area contributed by atoms with Crippen molar-refractivity contribution in [1.29, 1.82) is 0 Å². The Balaban J connectivity index is 2.30. The summed E-state index contributed by atoms with van der Waals surface area (Å²) in [7, 11) is 1.43. The van der Waals surface area contributed by atoms with Gasteiger partial charge in [0.2, 0.25) is 11.9 Å². The molecule has 0 aromatic carbocycles. The van der Waals surface area contributed by atoms with Crippen LogP contribution in [0.2, 0.25) is 0 Å². The summed E-state index contributed by atoms with van der Waals surface area (Å²) in [6, 6.07) is 0. The Morgan fingerprint density at radius 2 is 1.85 bits per heavy atom. The molecule has 144 valence electrons. The number of imide groups is 1. The molecule has 1 aliphatic carbocycles.